The zero-order valence-corrected chi connectivity index (χ0v) is 11.3. The minimum atomic E-state index is -1.06. The normalized spacial score (nSPS) is 16.8. The Morgan fingerprint density at radius 1 is 1.29 bits per heavy atom. The lowest BCUT2D eigenvalue weighted by Crippen LogP contribution is -2.29. The highest BCUT2D eigenvalue weighted by Gasteiger charge is 2.24. The fourth-order valence-electron chi connectivity index (χ4n) is 1.86. The number of carbonyl (C=O) groups is 2. The summed E-state index contributed by atoms with van der Waals surface area (Å²) in [5.41, 5.74) is 0.461. The number of esters is 1. The third-order valence-corrected chi connectivity index (χ3v) is 2.88. The Bertz CT molecular complexity index is 647. The number of allylic oxidation sites excluding steroid dienone is 2. The zero-order valence-electron chi connectivity index (χ0n) is 11.3. The molecular weight excluding hydrogens is 272 g/mol. The van der Waals surface area contributed by atoms with Crippen LogP contribution in [0.1, 0.15) is 10.4 Å². The van der Waals surface area contributed by atoms with E-state index in [1.165, 1.54) is 19.4 Å². The summed E-state index contributed by atoms with van der Waals surface area (Å²) in [5.74, 6) is -1.95. The number of amidine groups is 1. The molecule has 0 fully saturated rings. The van der Waals surface area contributed by atoms with E-state index >= 15 is 0 Å². The molecular formula is C15H14N2O4. The van der Waals surface area contributed by atoms with Crippen LogP contribution < -0.4 is 5.32 Å². The molecule has 1 aliphatic heterocycles. The van der Waals surface area contributed by atoms with Gasteiger partial charge in [-0.2, -0.15) is 0 Å². The van der Waals surface area contributed by atoms with Gasteiger partial charge in [0.05, 0.1) is 18.4 Å². The van der Waals surface area contributed by atoms with Crippen molar-refractivity contribution in [2.45, 2.75) is 0 Å². The van der Waals surface area contributed by atoms with E-state index in [-0.39, 0.29) is 5.56 Å². The van der Waals surface area contributed by atoms with E-state index in [2.05, 4.69) is 10.3 Å². The van der Waals surface area contributed by atoms with Gasteiger partial charge in [0, 0.05) is 6.20 Å². The third kappa shape index (κ3) is 3.36. The predicted octanol–water partition coefficient (Wildman–Crippen LogP) is 2.07. The fraction of sp³-hybridized carbons (Fsp3) is 0.133. The Hall–Kier alpha value is -2.89. The Kier molecular flexibility index (Phi) is 4.50. The van der Waals surface area contributed by atoms with Gasteiger partial charge in [-0.1, -0.05) is 24.3 Å². The van der Waals surface area contributed by atoms with E-state index < -0.39 is 17.9 Å². The number of anilines is 1. The van der Waals surface area contributed by atoms with E-state index in [0.717, 1.165) is 0 Å². The molecule has 0 spiro atoms. The number of aromatic carboxylic acids is 1. The maximum Gasteiger partial charge on any atom is 0.337 e. The van der Waals surface area contributed by atoms with Crippen molar-refractivity contribution in [2.75, 3.05) is 12.4 Å². The molecule has 0 saturated carbocycles. The van der Waals surface area contributed by atoms with Gasteiger partial charge in [-0.3, -0.25) is 4.79 Å². The first-order valence-corrected chi connectivity index (χ1v) is 6.21. The second-order valence-electron chi connectivity index (χ2n) is 4.22. The molecule has 0 bridgehead atoms. The first-order valence-electron chi connectivity index (χ1n) is 6.21. The highest BCUT2D eigenvalue weighted by atomic mass is 16.5. The average Bonchev–Trinajstić information content (AvgIpc) is 2.72. The number of hydrogen-bond acceptors (Lipinski definition) is 5. The number of para-hydroxylation sites is 1. The van der Waals surface area contributed by atoms with Gasteiger partial charge in [0.25, 0.3) is 0 Å². The highest BCUT2D eigenvalue weighted by Crippen LogP contribution is 2.18. The van der Waals surface area contributed by atoms with Crippen LogP contribution in [0.15, 0.2) is 53.7 Å². The maximum atomic E-state index is 11.8. The molecule has 2 N–H and O–H groups in total. The van der Waals surface area contributed by atoms with E-state index in [1.54, 1.807) is 36.4 Å². The van der Waals surface area contributed by atoms with Crippen molar-refractivity contribution in [1.82, 2.24) is 0 Å². The van der Waals surface area contributed by atoms with E-state index in [4.69, 9.17) is 4.74 Å². The number of carbonyl (C=O) groups excluding carboxylic acids is 1. The van der Waals surface area contributed by atoms with Crippen molar-refractivity contribution in [2.24, 2.45) is 10.9 Å². The van der Waals surface area contributed by atoms with Crippen molar-refractivity contribution < 1.29 is 19.4 Å². The Morgan fingerprint density at radius 2 is 2.05 bits per heavy atom. The van der Waals surface area contributed by atoms with Crippen LogP contribution in [0.3, 0.4) is 0 Å². The summed E-state index contributed by atoms with van der Waals surface area (Å²) in [6.07, 6.45) is 6.51. The van der Waals surface area contributed by atoms with E-state index in [0.29, 0.717) is 11.5 Å². The van der Waals surface area contributed by atoms with E-state index in [1.807, 2.05) is 0 Å². The molecule has 0 aromatic heterocycles. The van der Waals surface area contributed by atoms with Gasteiger partial charge in [-0.15, -0.1) is 0 Å². The number of ether oxygens (including phenoxy) is 1. The van der Waals surface area contributed by atoms with Crippen LogP contribution in [0.4, 0.5) is 5.69 Å². The molecule has 1 aromatic rings. The van der Waals surface area contributed by atoms with Crippen molar-refractivity contribution in [1.29, 1.82) is 0 Å². The lowest BCUT2D eigenvalue weighted by molar-refractivity contribution is -0.141. The lowest BCUT2D eigenvalue weighted by atomic mass is 10.1. The number of nitrogens with one attached hydrogen (secondary N) is 1. The molecule has 6 heteroatoms. The topological polar surface area (TPSA) is 88.0 Å². The van der Waals surface area contributed by atoms with Crippen LogP contribution in [0.2, 0.25) is 0 Å². The number of hydrogen-bond donors (Lipinski definition) is 2. The van der Waals surface area contributed by atoms with Crippen molar-refractivity contribution in [3.8, 4) is 0 Å². The summed E-state index contributed by atoms with van der Waals surface area (Å²) in [6.45, 7) is 0. The second-order valence-corrected chi connectivity index (χ2v) is 4.22. The molecule has 1 aromatic carbocycles. The number of carboxylic acids is 1. The smallest absolute Gasteiger partial charge is 0.337 e. The Morgan fingerprint density at radius 3 is 2.76 bits per heavy atom. The molecule has 6 nitrogen and oxygen atoms in total. The van der Waals surface area contributed by atoms with Crippen LogP contribution in [-0.4, -0.2) is 30.0 Å². The van der Waals surface area contributed by atoms with Gasteiger partial charge < -0.3 is 15.2 Å². The summed E-state index contributed by atoms with van der Waals surface area (Å²) < 4.78 is 4.74. The number of benzene rings is 1. The van der Waals surface area contributed by atoms with Gasteiger partial charge in [-0.05, 0) is 18.2 Å². The van der Waals surface area contributed by atoms with Crippen molar-refractivity contribution >= 4 is 23.5 Å². The predicted molar refractivity (Wildman–Crippen MR) is 78.2 cm³/mol. The zero-order chi connectivity index (χ0) is 15.2. The minimum Gasteiger partial charge on any atom is -0.478 e. The number of methoxy groups -OCH3 is 1. The minimum absolute atomic E-state index is 0.0982. The van der Waals surface area contributed by atoms with Crippen LogP contribution >= 0.6 is 0 Å². The largest absolute Gasteiger partial charge is 0.478 e. The molecule has 1 aliphatic rings. The summed E-state index contributed by atoms with van der Waals surface area (Å²) in [7, 11) is 1.29. The molecule has 1 heterocycles. The van der Waals surface area contributed by atoms with Crippen LogP contribution in [0, 0.1) is 5.92 Å². The fourth-order valence-corrected chi connectivity index (χ4v) is 1.86. The highest BCUT2D eigenvalue weighted by molar-refractivity contribution is 6.11. The molecule has 1 unspecified atom stereocenters. The monoisotopic (exact) mass is 286 g/mol. The molecule has 0 amide bonds. The second kappa shape index (κ2) is 6.51. The Balaban J connectivity index is 2.34. The summed E-state index contributed by atoms with van der Waals surface area (Å²) in [6, 6.07) is 6.41. The van der Waals surface area contributed by atoms with Crippen LogP contribution in [0.5, 0.6) is 0 Å². The first-order chi connectivity index (χ1) is 10.1. The summed E-state index contributed by atoms with van der Waals surface area (Å²) in [4.78, 5) is 27.1. The molecule has 2 rings (SSSR count). The number of carboxylic acid groups (broad SMARTS) is 1. The molecule has 108 valence electrons. The van der Waals surface area contributed by atoms with Crippen LogP contribution in [0.25, 0.3) is 0 Å². The van der Waals surface area contributed by atoms with Gasteiger partial charge in [-0.25, -0.2) is 9.79 Å². The van der Waals surface area contributed by atoms with Gasteiger partial charge in [0.1, 0.15) is 11.8 Å². The SMILES string of the molecule is COC(=O)C1C=CC=CN=C1Nc1ccccc1C(=O)O. The average molecular weight is 286 g/mol. The summed E-state index contributed by atoms with van der Waals surface area (Å²) >= 11 is 0. The van der Waals surface area contributed by atoms with Crippen LogP contribution in [-0.2, 0) is 9.53 Å². The number of rotatable bonds is 3. The van der Waals surface area contributed by atoms with Gasteiger partial charge in [0.2, 0.25) is 0 Å². The van der Waals surface area contributed by atoms with Gasteiger partial charge >= 0.3 is 11.9 Å². The van der Waals surface area contributed by atoms with Crippen molar-refractivity contribution in [3.05, 3.63) is 54.3 Å². The molecule has 21 heavy (non-hydrogen) atoms. The van der Waals surface area contributed by atoms with E-state index in [9.17, 15) is 14.7 Å². The maximum absolute atomic E-state index is 11.8. The first kappa shape index (κ1) is 14.5. The molecule has 1 atom stereocenters. The molecule has 0 radical (unpaired) electrons. The quantitative estimate of drug-likeness (QED) is 0.830. The lowest BCUT2D eigenvalue weighted by Gasteiger charge is -2.16. The molecule has 0 saturated heterocycles. The van der Waals surface area contributed by atoms with Crippen molar-refractivity contribution in [3.63, 3.8) is 0 Å². The number of aliphatic imine (C=N–C) groups is 1. The Labute approximate surface area is 121 Å². The standard InChI is InChI=1S/C15H14N2O4/c1-21-15(20)11-7-4-5-9-16-13(11)17-12-8-3-2-6-10(12)14(18)19/h2-9,11H,1H3,(H,16,17)(H,18,19). The third-order valence-electron chi connectivity index (χ3n) is 2.88. The van der Waals surface area contributed by atoms with Gasteiger partial charge in [0.15, 0.2) is 0 Å². The number of nitrogens with zero attached hydrogens (tertiary/aromatic N) is 1. The molecule has 0 aliphatic carbocycles. The summed E-state index contributed by atoms with van der Waals surface area (Å²) in [5, 5.41) is 12.1.